The lowest BCUT2D eigenvalue weighted by Gasteiger charge is -2.23. The Hall–Kier alpha value is -3.88. The second-order valence-corrected chi connectivity index (χ2v) is 7.08. The van der Waals surface area contributed by atoms with E-state index in [1.54, 1.807) is 29.2 Å². The van der Waals surface area contributed by atoms with Crippen molar-refractivity contribution in [3.05, 3.63) is 76.9 Å². The molecular formula is C22H19FN4O4. The van der Waals surface area contributed by atoms with Crippen molar-refractivity contribution in [1.82, 2.24) is 9.97 Å². The van der Waals surface area contributed by atoms with Crippen LogP contribution < -0.4 is 9.64 Å². The van der Waals surface area contributed by atoms with E-state index in [0.29, 0.717) is 30.0 Å². The second-order valence-electron chi connectivity index (χ2n) is 7.08. The van der Waals surface area contributed by atoms with Gasteiger partial charge in [-0.2, -0.15) is 0 Å². The van der Waals surface area contributed by atoms with E-state index in [2.05, 4.69) is 9.97 Å². The minimum absolute atomic E-state index is 0.0517. The van der Waals surface area contributed by atoms with Crippen LogP contribution in [0.15, 0.2) is 60.9 Å². The minimum atomic E-state index is -0.549. The van der Waals surface area contributed by atoms with Crippen molar-refractivity contribution in [2.75, 3.05) is 18.1 Å². The number of halogens is 1. The summed E-state index contributed by atoms with van der Waals surface area (Å²) in [5, 5.41) is 11.1. The Bertz CT molecular complexity index is 1110. The first kappa shape index (κ1) is 20.4. The largest absolute Gasteiger partial charge is 0.479 e. The molecule has 158 valence electrons. The number of nitro groups is 1. The van der Waals surface area contributed by atoms with Gasteiger partial charge >= 0.3 is 5.69 Å². The van der Waals surface area contributed by atoms with Crippen molar-refractivity contribution in [3.8, 4) is 16.9 Å². The topological polar surface area (TPSA) is 98.5 Å². The number of ketones is 1. The average Bonchev–Trinajstić information content (AvgIpc) is 3.28. The Labute approximate surface area is 177 Å². The molecule has 0 bridgehead atoms. The van der Waals surface area contributed by atoms with Gasteiger partial charge in [0, 0.05) is 36.1 Å². The predicted molar refractivity (Wildman–Crippen MR) is 111 cm³/mol. The molecule has 2 aromatic carbocycles. The van der Waals surface area contributed by atoms with Gasteiger partial charge in [0.05, 0.1) is 11.0 Å². The summed E-state index contributed by atoms with van der Waals surface area (Å²) in [4.78, 5) is 33.8. The molecule has 0 radical (unpaired) electrons. The number of carbonyl (C=O) groups excluding carboxylic acids is 1. The second kappa shape index (κ2) is 8.86. The zero-order valence-corrected chi connectivity index (χ0v) is 16.5. The normalized spacial score (nSPS) is 15.6. The first-order valence-electron chi connectivity index (χ1n) is 9.77. The van der Waals surface area contributed by atoms with Crippen LogP contribution in [0.25, 0.3) is 11.1 Å². The lowest BCUT2D eigenvalue weighted by Crippen LogP contribution is -2.39. The van der Waals surface area contributed by atoms with Crippen LogP contribution in [0, 0.1) is 15.9 Å². The van der Waals surface area contributed by atoms with Gasteiger partial charge in [-0.1, -0.05) is 30.3 Å². The number of hydrogen-bond donors (Lipinski definition) is 0. The number of para-hydroxylation sites is 2. The van der Waals surface area contributed by atoms with E-state index in [9.17, 15) is 19.3 Å². The Balaban J connectivity index is 1.46. The fourth-order valence-electron chi connectivity index (χ4n) is 3.62. The summed E-state index contributed by atoms with van der Waals surface area (Å²) in [6.07, 6.45) is 4.45. The Morgan fingerprint density at radius 2 is 1.87 bits per heavy atom. The molecule has 0 N–H and O–H groups in total. The van der Waals surface area contributed by atoms with Crippen molar-refractivity contribution in [3.63, 3.8) is 0 Å². The van der Waals surface area contributed by atoms with Gasteiger partial charge in [0.25, 0.3) is 0 Å². The number of aromatic nitrogens is 2. The fourth-order valence-corrected chi connectivity index (χ4v) is 3.62. The zero-order chi connectivity index (χ0) is 21.8. The molecule has 1 aliphatic rings. The summed E-state index contributed by atoms with van der Waals surface area (Å²) in [6, 6.07) is 11.8. The third-order valence-corrected chi connectivity index (χ3v) is 5.14. The number of hydrogen-bond acceptors (Lipinski definition) is 7. The monoisotopic (exact) mass is 422 g/mol. The van der Waals surface area contributed by atoms with Crippen molar-refractivity contribution < 1.29 is 18.8 Å². The molecule has 8 nitrogen and oxygen atoms in total. The predicted octanol–water partition coefficient (Wildman–Crippen LogP) is 3.81. The van der Waals surface area contributed by atoms with Crippen LogP contribution in [0.2, 0.25) is 0 Å². The molecule has 1 aliphatic heterocycles. The van der Waals surface area contributed by atoms with Gasteiger partial charge in [-0.05, 0) is 25.0 Å². The van der Waals surface area contributed by atoms with Crippen molar-refractivity contribution in [2.45, 2.75) is 18.9 Å². The van der Waals surface area contributed by atoms with E-state index >= 15 is 0 Å². The first-order valence-corrected chi connectivity index (χ1v) is 9.77. The summed E-state index contributed by atoms with van der Waals surface area (Å²) in [7, 11) is 0. The Morgan fingerprint density at radius 1 is 1.16 bits per heavy atom. The van der Waals surface area contributed by atoms with E-state index in [0.717, 1.165) is 6.42 Å². The molecule has 3 aromatic rings. The SMILES string of the molecule is O=C(COc1ccccc1[N+](=O)[O-])C1CCCN1c1ncc(-c2ccccc2F)cn1. The summed E-state index contributed by atoms with van der Waals surface area (Å²) < 4.78 is 19.4. The molecule has 1 aromatic heterocycles. The maximum Gasteiger partial charge on any atom is 0.310 e. The van der Waals surface area contributed by atoms with Gasteiger partial charge in [-0.15, -0.1) is 0 Å². The minimum Gasteiger partial charge on any atom is -0.479 e. The molecule has 0 spiro atoms. The molecule has 1 saturated heterocycles. The van der Waals surface area contributed by atoms with Crippen LogP contribution in [0.1, 0.15) is 12.8 Å². The maximum absolute atomic E-state index is 14.0. The lowest BCUT2D eigenvalue weighted by atomic mass is 10.1. The van der Waals surface area contributed by atoms with E-state index < -0.39 is 11.0 Å². The molecule has 2 heterocycles. The molecule has 4 rings (SSSR count). The standard InChI is InChI=1S/C22H19FN4O4/c23-17-7-2-1-6-16(17)15-12-24-22(25-13-15)26-11-5-9-18(26)20(28)14-31-21-10-4-3-8-19(21)27(29)30/h1-4,6-8,10,12-13,18H,5,9,11,14H2. The molecule has 31 heavy (non-hydrogen) atoms. The average molecular weight is 422 g/mol. The highest BCUT2D eigenvalue weighted by Gasteiger charge is 2.33. The third-order valence-electron chi connectivity index (χ3n) is 5.14. The molecule has 0 amide bonds. The molecule has 1 unspecified atom stereocenters. The first-order chi connectivity index (χ1) is 15.0. The van der Waals surface area contributed by atoms with E-state index in [1.165, 1.54) is 36.7 Å². The van der Waals surface area contributed by atoms with Crippen LogP contribution in [-0.4, -0.2) is 39.9 Å². The van der Waals surface area contributed by atoms with Crippen LogP contribution in [0.5, 0.6) is 5.75 Å². The number of ether oxygens (including phenoxy) is 1. The third kappa shape index (κ3) is 4.35. The summed E-state index contributed by atoms with van der Waals surface area (Å²) in [6.45, 7) is 0.306. The number of nitro benzene ring substituents is 1. The number of benzene rings is 2. The molecule has 1 fully saturated rings. The van der Waals surface area contributed by atoms with Crippen LogP contribution >= 0.6 is 0 Å². The summed E-state index contributed by atoms with van der Waals surface area (Å²) in [5.74, 6) is -0.143. The van der Waals surface area contributed by atoms with Gasteiger partial charge in [-0.25, -0.2) is 14.4 Å². The molecule has 1 atom stereocenters. The van der Waals surface area contributed by atoms with E-state index in [-0.39, 0.29) is 29.6 Å². The number of rotatable bonds is 7. The smallest absolute Gasteiger partial charge is 0.310 e. The van der Waals surface area contributed by atoms with Gasteiger partial charge in [-0.3, -0.25) is 14.9 Å². The Morgan fingerprint density at radius 3 is 2.61 bits per heavy atom. The molecule has 0 aliphatic carbocycles. The highest BCUT2D eigenvalue weighted by molar-refractivity contribution is 5.88. The number of nitrogens with zero attached hydrogens (tertiary/aromatic N) is 4. The quantitative estimate of drug-likeness (QED) is 0.422. The zero-order valence-electron chi connectivity index (χ0n) is 16.5. The molecular weight excluding hydrogens is 403 g/mol. The van der Waals surface area contributed by atoms with E-state index in [1.807, 2.05) is 0 Å². The van der Waals surface area contributed by atoms with Crippen molar-refractivity contribution in [2.24, 2.45) is 0 Å². The van der Waals surface area contributed by atoms with Gasteiger partial charge in [0.2, 0.25) is 5.95 Å². The van der Waals surface area contributed by atoms with E-state index in [4.69, 9.17) is 4.74 Å². The van der Waals surface area contributed by atoms with Crippen molar-refractivity contribution >= 4 is 17.4 Å². The summed E-state index contributed by atoms with van der Waals surface area (Å²) in [5.41, 5.74) is 0.759. The highest BCUT2D eigenvalue weighted by Crippen LogP contribution is 2.28. The lowest BCUT2D eigenvalue weighted by molar-refractivity contribution is -0.385. The maximum atomic E-state index is 14.0. The fraction of sp³-hybridized carbons (Fsp3) is 0.227. The van der Waals surface area contributed by atoms with Gasteiger partial charge < -0.3 is 9.64 Å². The Kier molecular flexibility index (Phi) is 5.83. The molecule has 0 saturated carbocycles. The highest BCUT2D eigenvalue weighted by atomic mass is 19.1. The number of Topliss-reactive ketones (excluding diaryl/α,β-unsaturated/α-hetero) is 1. The van der Waals surface area contributed by atoms with Crippen LogP contribution in [0.3, 0.4) is 0 Å². The summed E-state index contributed by atoms with van der Waals surface area (Å²) >= 11 is 0. The van der Waals surface area contributed by atoms with Gasteiger partial charge in [0.1, 0.15) is 12.4 Å². The van der Waals surface area contributed by atoms with Gasteiger partial charge in [0.15, 0.2) is 11.5 Å². The van der Waals surface area contributed by atoms with Crippen LogP contribution in [0.4, 0.5) is 16.0 Å². The van der Waals surface area contributed by atoms with Crippen molar-refractivity contribution in [1.29, 1.82) is 0 Å². The molecule has 9 heteroatoms. The number of carbonyl (C=O) groups is 1. The van der Waals surface area contributed by atoms with Crippen LogP contribution in [-0.2, 0) is 4.79 Å². The number of anilines is 1.